The Bertz CT molecular complexity index is 1410. The summed E-state index contributed by atoms with van der Waals surface area (Å²) in [6.45, 7) is 8.34. The van der Waals surface area contributed by atoms with Gasteiger partial charge in [0.2, 0.25) is 0 Å². The number of fused-ring (bicyclic) bond motifs is 1. The van der Waals surface area contributed by atoms with Crippen LogP contribution >= 0.6 is 0 Å². The smallest absolute Gasteiger partial charge is 0.325 e. The fourth-order valence-electron chi connectivity index (χ4n) is 3.42. The molecule has 1 aromatic heterocycles. The van der Waals surface area contributed by atoms with Gasteiger partial charge in [-0.2, -0.15) is 0 Å². The van der Waals surface area contributed by atoms with Gasteiger partial charge in [0.15, 0.2) is 5.76 Å². The molecule has 37 heavy (non-hydrogen) atoms. The summed E-state index contributed by atoms with van der Waals surface area (Å²) in [5, 5.41) is 20.2. The average Bonchev–Trinajstić information content (AvgIpc) is 3.22. The average molecular weight is 502 g/mol. The number of H-pyrrole nitrogens is 2. The molecule has 0 unspecified atom stereocenters. The van der Waals surface area contributed by atoms with Gasteiger partial charge >= 0.3 is 11.7 Å². The van der Waals surface area contributed by atoms with Crippen molar-refractivity contribution in [1.29, 1.82) is 5.41 Å². The molecule has 0 atom stereocenters. The summed E-state index contributed by atoms with van der Waals surface area (Å²) in [6, 6.07) is 14.2. The Labute approximate surface area is 214 Å². The molecule has 10 heteroatoms. The van der Waals surface area contributed by atoms with E-state index in [0.29, 0.717) is 46.8 Å². The quantitative estimate of drug-likeness (QED) is 0.228. The molecule has 2 amide bonds. The minimum atomic E-state index is -0.461. The van der Waals surface area contributed by atoms with Crippen LogP contribution < -0.4 is 31.7 Å². The van der Waals surface area contributed by atoms with Crippen LogP contribution in [0, 0.1) is 17.7 Å². The molecule has 7 N–H and O–H groups in total. The molecular weight excluding hydrogens is 470 g/mol. The molecule has 0 aliphatic carbocycles. The number of allylic oxidation sites excluding steroid dienone is 1. The molecule has 1 aliphatic rings. The summed E-state index contributed by atoms with van der Waals surface area (Å²) in [5.74, 6) is 2.05. The van der Waals surface area contributed by atoms with E-state index < -0.39 is 6.03 Å². The molecule has 192 valence electrons. The zero-order valence-electron chi connectivity index (χ0n) is 21.2. The van der Waals surface area contributed by atoms with E-state index in [9.17, 15) is 9.59 Å². The largest absolute Gasteiger partial charge is 0.455 e. The molecule has 0 bridgehead atoms. The summed E-state index contributed by atoms with van der Waals surface area (Å²) in [7, 11) is 0. The number of aryl methyl sites for hydroxylation is 1. The van der Waals surface area contributed by atoms with Crippen LogP contribution in [0.3, 0.4) is 0 Å². The van der Waals surface area contributed by atoms with E-state index in [2.05, 4.69) is 31.2 Å². The van der Waals surface area contributed by atoms with E-state index in [4.69, 9.17) is 10.1 Å². The highest BCUT2D eigenvalue weighted by Crippen LogP contribution is 2.27. The summed E-state index contributed by atoms with van der Waals surface area (Å²) < 4.78 is 5.93. The highest BCUT2D eigenvalue weighted by Gasteiger charge is 2.18. The maximum absolute atomic E-state index is 12.8. The van der Waals surface area contributed by atoms with Gasteiger partial charge in [0, 0.05) is 35.1 Å². The van der Waals surface area contributed by atoms with E-state index in [1.807, 2.05) is 58.0 Å². The Balaban J connectivity index is 1.42. The third-order valence-corrected chi connectivity index (χ3v) is 5.56. The van der Waals surface area contributed by atoms with E-state index in [0.717, 1.165) is 11.3 Å². The Hall–Kier alpha value is -4.73. The third kappa shape index (κ3) is 6.69. The molecule has 0 saturated carbocycles. The fourth-order valence-corrected chi connectivity index (χ4v) is 3.42. The van der Waals surface area contributed by atoms with Gasteiger partial charge in [-0.3, -0.25) is 10.3 Å². The molecular formula is C27H31N7O3. The normalized spacial score (nSPS) is 13.1. The standard InChI is InChI=1S/C27H31N7O3/c1-16-5-7-17(8-6-16)30-22(15-21(28)27(2,3)4)32-25(35)31-18-9-11-19(12-10-18)37-20-13-14-29-24-23(20)33-26(36)34-24/h5-13,15,28-30H,14H2,1-4H3,(H2,31,32,35)(H2,33,34,36)/b22-15+,28-21?. The molecule has 0 radical (unpaired) electrons. The second kappa shape index (κ2) is 10.5. The lowest BCUT2D eigenvalue weighted by Crippen LogP contribution is -2.32. The molecule has 2 heterocycles. The number of aromatic amines is 2. The summed E-state index contributed by atoms with van der Waals surface area (Å²) >= 11 is 0. The zero-order chi connectivity index (χ0) is 26.6. The molecule has 0 fully saturated rings. The van der Waals surface area contributed by atoms with Crippen molar-refractivity contribution in [1.82, 2.24) is 15.3 Å². The van der Waals surface area contributed by atoms with Crippen LogP contribution in [0.15, 0.2) is 71.3 Å². The number of hydrogen-bond donors (Lipinski definition) is 7. The SMILES string of the molecule is Cc1ccc(N/C(=C\C(=N)C(C)(C)C)NC(=O)Nc2ccc(OC3=CCNc4[nH]c(=O)[nH]c43)cc2)cc1. The summed E-state index contributed by atoms with van der Waals surface area (Å²) in [5.41, 5.74) is 2.69. The van der Waals surface area contributed by atoms with E-state index >= 15 is 0 Å². The predicted octanol–water partition coefficient (Wildman–Crippen LogP) is 5.00. The maximum Gasteiger partial charge on any atom is 0.325 e. The molecule has 2 aromatic carbocycles. The number of nitrogens with one attached hydrogen (secondary N) is 7. The number of rotatable bonds is 7. The number of hydrogen-bond acceptors (Lipinski definition) is 6. The van der Waals surface area contributed by atoms with Gasteiger partial charge in [-0.25, -0.2) is 9.59 Å². The predicted molar refractivity (Wildman–Crippen MR) is 147 cm³/mol. The molecule has 4 rings (SSSR count). The first-order chi connectivity index (χ1) is 17.6. The van der Waals surface area contributed by atoms with Crippen LogP contribution in [0.4, 0.5) is 22.0 Å². The number of ether oxygens (including phenoxy) is 1. The van der Waals surface area contributed by atoms with Gasteiger partial charge in [-0.15, -0.1) is 0 Å². The number of imidazole rings is 1. The van der Waals surface area contributed by atoms with Crippen molar-refractivity contribution >= 4 is 34.7 Å². The van der Waals surface area contributed by atoms with Crippen LogP contribution in [0.25, 0.3) is 5.76 Å². The molecule has 3 aromatic rings. The van der Waals surface area contributed by atoms with Crippen molar-refractivity contribution in [3.8, 4) is 5.75 Å². The van der Waals surface area contributed by atoms with Gasteiger partial charge in [-0.1, -0.05) is 38.5 Å². The lowest BCUT2D eigenvalue weighted by atomic mass is 9.90. The zero-order valence-corrected chi connectivity index (χ0v) is 21.2. The molecule has 10 nitrogen and oxygen atoms in total. The minimum absolute atomic E-state index is 0.317. The van der Waals surface area contributed by atoms with Gasteiger partial charge in [-0.05, 0) is 49.4 Å². The van der Waals surface area contributed by atoms with Crippen molar-refractivity contribution in [2.75, 3.05) is 22.5 Å². The van der Waals surface area contributed by atoms with Crippen LogP contribution in [-0.2, 0) is 0 Å². The fraction of sp³-hybridized carbons (Fsp3) is 0.222. The van der Waals surface area contributed by atoms with Gasteiger partial charge in [0.25, 0.3) is 0 Å². The van der Waals surface area contributed by atoms with Crippen molar-refractivity contribution in [3.63, 3.8) is 0 Å². The number of anilines is 3. The lowest BCUT2D eigenvalue weighted by molar-refractivity contribution is 0.254. The number of benzene rings is 2. The second-order valence-corrected chi connectivity index (χ2v) is 9.70. The van der Waals surface area contributed by atoms with E-state index in [1.54, 1.807) is 30.3 Å². The second-order valence-electron chi connectivity index (χ2n) is 9.70. The molecule has 0 spiro atoms. The van der Waals surface area contributed by atoms with Gasteiger partial charge in [0.1, 0.15) is 23.1 Å². The van der Waals surface area contributed by atoms with E-state index in [-0.39, 0.29) is 11.1 Å². The van der Waals surface area contributed by atoms with Crippen LogP contribution in [-0.4, -0.2) is 28.3 Å². The highest BCUT2D eigenvalue weighted by atomic mass is 16.5. The minimum Gasteiger partial charge on any atom is -0.455 e. The monoisotopic (exact) mass is 501 g/mol. The van der Waals surface area contributed by atoms with Crippen molar-refractivity contribution in [3.05, 3.63) is 88.2 Å². The number of aromatic nitrogens is 2. The molecule has 0 saturated heterocycles. The number of carbonyl (C=O) groups excluding carboxylic acids is 1. The molecule has 1 aliphatic heterocycles. The number of carbonyl (C=O) groups is 1. The summed E-state index contributed by atoms with van der Waals surface area (Å²) in [6.07, 6.45) is 3.44. The Morgan fingerprint density at radius 2 is 1.65 bits per heavy atom. The van der Waals surface area contributed by atoms with Crippen LogP contribution in [0.2, 0.25) is 0 Å². The van der Waals surface area contributed by atoms with Crippen molar-refractivity contribution in [2.24, 2.45) is 5.41 Å². The first kappa shape index (κ1) is 25.4. The highest BCUT2D eigenvalue weighted by molar-refractivity contribution is 5.98. The topological polar surface area (TPSA) is 147 Å². The van der Waals surface area contributed by atoms with Gasteiger partial charge < -0.3 is 31.1 Å². The van der Waals surface area contributed by atoms with Crippen molar-refractivity contribution in [2.45, 2.75) is 27.7 Å². The first-order valence-corrected chi connectivity index (χ1v) is 11.8. The Morgan fingerprint density at radius 1 is 1.00 bits per heavy atom. The number of amides is 2. The van der Waals surface area contributed by atoms with E-state index in [1.165, 1.54) is 0 Å². The third-order valence-electron chi connectivity index (χ3n) is 5.56. The van der Waals surface area contributed by atoms with Crippen LogP contribution in [0.1, 0.15) is 32.0 Å². The first-order valence-electron chi connectivity index (χ1n) is 11.8. The van der Waals surface area contributed by atoms with Crippen molar-refractivity contribution < 1.29 is 9.53 Å². The van der Waals surface area contributed by atoms with Gasteiger partial charge in [0.05, 0.1) is 0 Å². The Morgan fingerprint density at radius 3 is 2.32 bits per heavy atom. The maximum atomic E-state index is 12.8. The van der Waals surface area contributed by atoms with Crippen LogP contribution in [0.5, 0.6) is 5.75 Å². The lowest BCUT2D eigenvalue weighted by Gasteiger charge is -2.20. The summed E-state index contributed by atoms with van der Waals surface area (Å²) in [4.78, 5) is 29.8. The Kier molecular flexibility index (Phi) is 7.19. The number of urea groups is 1.